The van der Waals surface area contributed by atoms with Crippen LogP contribution >= 0.6 is 0 Å². The molecule has 0 spiro atoms. The number of sulfone groups is 1. The Morgan fingerprint density at radius 3 is 2.51 bits per heavy atom. The molecule has 182 valence electrons. The van der Waals surface area contributed by atoms with E-state index in [1.165, 1.54) is 29.5 Å². The summed E-state index contributed by atoms with van der Waals surface area (Å²) in [5.41, 5.74) is 2.10. The quantitative estimate of drug-likeness (QED) is 0.460. The highest BCUT2D eigenvalue weighted by atomic mass is 32.2. The fourth-order valence-corrected chi connectivity index (χ4v) is 4.37. The number of hydrazone groups is 1. The number of hydrogen-bond donors (Lipinski definition) is 0. The third kappa shape index (κ3) is 5.27. The second kappa shape index (κ2) is 9.75. The lowest BCUT2D eigenvalue weighted by Gasteiger charge is -2.19. The van der Waals surface area contributed by atoms with E-state index in [2.05, 4.69) is 5.10 Å². The first-order valence-electron chi connectivity index (χ1n) is 10.7. The van der Waals surface area contributed by atoms with Crippen molar-refractivity contribution in [2.24, 2.45) is 5.10 Å². The average Bonchev–Trinajstić information content (AvgIpc) is 3.52. The van der Waals surface area contributed by atoms with Crippen molar-refractivity contribution in [1.82, 2.24) is 5.01 Å². The molecule has 0 saturated carbocycles. The Hall–Kier alpha value is -3.92. The van der Waals surface area contributed by atoms with Gasteiger partial charge in [-0.1, -0.05) is 6.07 Å². The number of carbonyl (C=O) groups is 2. The number of ether oxygens (including phenoxy) is 2. The topological polar surface area (TPSA) is 115 Å². The van der Waals surface area contributed by atoms with Crippen LogP contribution in [0.3, 0.4) is 0 Å². The zero-order valence-electron chi connectivity index (χ0n) is 19.4. The fraction of sp³-hybridized carbons (Fsp3) is 0.240. The Balaban J connectivity index is 1.53. The minimum Gasteiger partial charge on any atom is -0.497 e. The van der Waals surface area contributed by atoms with Gasteiger partial charge in [-0.15, -0.1) is 0 Å². The summed E-state index contributed by atoms with van der Waals surface area (Å²) in [6.45, 7) is 1.08. The van der Waals surface area contributed by atoms with Crippen molar-refractivity contribution in [3.8, 4) is 5.75 Å². The number of rotatable bonds is 7. The molecule has 2 heterocycles. The summed E-state index contributed by atoms with van der Waals surface area (Å²) in [7, 11) is -1.93. The van der Waals surface area contributed by atoms with Gasteiger partial charge in [-0.2, -0.15) is 5.10 Å². The maximum atomic E-state index is 13.1. The van der Waals surface area contributed by atoms with Crippen molar-refractivity contribution in [3.05, 3.63) is 83.3 Å². The van der Waals surface area contributed by atoms with Gasteiger partial charge < -0.3 is 13.9 Å². The number of nitrogens with zero attached hydrogens (tertiary/aromatic N) is 2. The van der Waals surface area contributed by atoms with E-state index in [1.807, 2.05) is 12.1 Å². The van der Waals surface area contributed by atoms with Crippen LogP contribution in [0.5, 0.6) is 5.75 Å². The highest BCUT2D eigenvalue weighted by molar-refractivity contribution is 7.90. The number of aryl methyl sites for hydroxylation is 1. The number of furan rings is 1. The molecule has 4 rings (SSSR count). The number of methoxy groups -OCH3 is 1. The Morgan fingerprint density at radius 2 is 1.89 bits per heavy atom. The van der Waals surface area contributed by atoms with Gasteiger partial charge in [0.15, 0.2) is 16.4 Å². The van der Waals surface area contributed by atoms with Crippen LogP contribution in [0, 0.1) is 6.92 Å². The van der Waals surface area contributed by atoms with E-state index in [9.17, 15) is 18.0 Å². The van der Waals surface area contributed by atoms with Crippen molar-refractivity contribution in [2.45, 2.75) is 24.3 Å². The molecule has 1 aliphatic rings. The van der Waals surface area contributed by atoms with E-state index in [4.69, 9.17) is 13.9 Å². The van der Waals surface area contributed by atoms with E-state index in [1.54, 1.807) is 38.3 Å². The molecule has 0 saturated heterocycles. The summed E-state index contributed by atoms with van der Waals surface area (Å²) in [4.78, 5) is 25.7. The Morgan fingerprint density at radius 1 is 1.14 bits per heavy atom. The molecule has 0 radical (unpaired) electrons. The van der Waals surface area contributed by atoms with Crippen LogP contribution in [0.15, 0.2) is 75.3 Å². The van der Waals surface area contributed by atoms with Gasteiger partial charge in [0.1, 0.15) is 17.6 Å². The fourth-order valence-electron chi connectivity index (χ4n) is 3.72. The first-order chi connectivity index (χ1) is 16.7. The second-order valence-corrected chi connectivity index (χ2v) is 10.1. The van der Waals surface area contributed by atoms with Gasteiger partial charge in [-0.3, -0.25) is 4.79 Å². The first-order valence-corrected chi connectivity index (χ1v) is 12.6. The maximum absolute atomic E-state index is 13.1. The largest absolute Gasteiger partial charge is 0.497 e. The highest BCUT2D eigenvalue weighted by Gasteiger charge is 2.35. The van der Waals surface area contributed by atoms with Crippen LogP contribution in [0.25, 0.3) is 0 Å². The van der Waals surface area contributed by atoms with Gasteiger partial charge in [-0.25, -0.2) is 18.2 Å². The number of amides is 1. The molecule has 1 unspecified atom stereocenters. The van der Waals surface area contributed by atoms with Gasteiger partial charge in [0.05, 0.1) is 29.5 Å². The second-order valence-electron chi connectivity index (χ2n) is 8.07. The van der Waals surface area contributed by atoms with Crippen LogP contribution in [-0.4, -0.2) is 51.0 Å². The van der Waals surface area contributed by atoms with E-state index in [0.717, 1.165) is 11.8 Å². The van der Waals surface area contributed by atoms with Crippen molar-refractivity contribution in [2.75, 3.05) is 20.0 Å². The summed E-state index contributed by atoms with van der Waals surface area (Å²) in [5, 5.41) is 5.75. The highest BCUT2D eigenvalue weighted by Crippen LogP contribution is 2.33. The van der Waals surface area contributed by atoms with E-state index in [-0.39, 0.29) is 10.5 Å². The zero-order valence-corrected chi connectivity index (χ0v) is 20.2. The molecule has 1 atom stereocenters. The number of benzene rings is 2. The normalized spacial score (nSPS) is 15.6. The van der Waals surface area contributed by atoms with Crippen LogP contribution in [0.2, 0.25) is 0 Å². The van der Waals surface area contributed by atoms with Crippen molar-refractivity contribution in [1.29, 1.82) is 0 Å². The maximum Gasteiger partial charge on any atom is 0.338 e. The molecule has 9 nitrogen and oxygen atoms in total. The van der Waals surface area contributed by atoms with Gasteiger partial charge >= 0.3 is 5.97 Å². The van der Waals surface area contributed by atoms with Crippen LogP contribution in [-0.2, 0) is 19.4 Å². The van der Waals surface area contributed by atoms with E-state index >= 15 is 0 Å². The molecule has 10 heteroatoms. The van der Waals surface area contributed by atoms with Crippen molar-refractivity contribution in [3.63, 3.8) is 0 Å². The Bertz CT molecular complexity index is 1380. The van der Waals surface area contributed by atoms with Gasteiger partial charge in [0.2, 0.25) is 0 Å². The minimum atomic E-state index is -3.51. The molecule has 0 N–H and O–H groups in total. The van der Waals surface area contributed by atoms with Gasteiger partial charge in [0, 0.05) is 12.7 Å². The number of esters is 1. The van der Waals surface area contributed by atoms with Gasteiger partial charge in [0.25, 0.3) is 5.91 Å². The molecule has 0 bridgehead atoms. The third-order valence-electron chi connectivity index (χ3n) is 5.64. The number of carbonyl (C=O) groups excluding carboxylic acids is 2. The summed E-state index contributed by atoms with van der Waals surface area (Å²) in [5.74, 6) is -0.0896. The van der Waals surface area contributed by atoms with Crippen LogP contribution in [0.1, 0.15) is 39.7 Å². The lowest BCUT2D eigenvalue weighted by atomic mass is 10.0. The third-order valence-corrected chi connectivity index (χ3v) is 6.75. The molecule has 35 heavy (non-hydrogen) atoms. The standard InChI is InChI=1S/C25H24N2O7S/c1-16-6-11-19(35(3,30)31)13-20(16)25(29)34-15-24(28)27-22(23-5-4-12-33-23)14-21(26-27)17-7-9-18(32-2)10-8-17/h4-13,22H,14-15H2,1-3H3. The molecule has 1 aliphatic heterocycles. The number of hydrogen-bond acceptors (Lipinski definition) is 8. The molecule has 1 amide bonds. The lowest BCUT2D eigenvalue weighted by Crippen LogP contribution is -2.31. The van der Waals surface area contributed by atoms with Crippen LogP contribution in [0.4, 0.5) is 0 Å². The van der Waals surface area contributed by atoms with Crippen LogP contribution < -0.4 is 4.74 Å². The van der Waals surface area contributed by atoms with E-state index in [0.29, 0.717) is 29.2 Å². The minimum absolute atomic E-state index is 0.00691. The average molecular weight is 497 g/mol. The summed E-state index contributed by atoms with van der Waals surface area (Å²) >= 11 is 0. The molecule has 0 aliphatic carbocycles. The van der Waals surface area contributed by atoms with Crippen molar-refractivity contribution >= 4 is 27.4 Å². The molecule has 0 fully saturated rings. The molecule has 1 aromatic heterocycles. The monoisotopic (exact) mass is 496 g/mol. The summed E-state index contributed by atoms with van der Waals surface area (Å²) in [6, 6.07) is 14.5. The van der Waals surface area contributed by atoms with E-state index < -0.39 is 34.4 Å². The lowest BCUT2D eigenvalue weighted by molar-refractivity contribution is -0.136. The SMILES string of the molecule is COc1ccc(C2=NN(C(=O)COC(=O)c3cc(S(C)(=O)=O)ccc3C)C(c3ccco3)C2)cc1. The molecular formula is C25H24N2O7S. The van der Waals surface area contributed by atoms with Gasteiger partial charge in [-0.05, 0) is 66.6 Å². The molecular weight excluding hydrogens is 472 g/mol. The first kappa shape index (κ1) is 24.2. The smallest absolute Gasteiger partial charge is 0.338 e. The predicted molar refractivity (Wildman–Crippen MR) is 127 cm³/mol. The predicted octanol–water partition coefficient (Wildman–Crippen LogP) is 3.53. The zero-order chi connectivity index (χ0) is 25.2. The summed E-state index contributed by atoms with van der Waals surface area (Å²) < 4.78 is 39.7. The Kier molecular flexibility index (Phi) is 6.74. The Labute approximate surface area is 202 Å². The van der Waals surface area contributed by atoms with Crippen molar-refractivity contribution < 1.29 is 31.9 Å². The molecule has 3 aromatic rings. The molecule has 2 aromatic carbocycles. The summed E-state index contributed by atoms with van der Waals surface area (Å²) in [6.07, 6.45) is 2.98.